The topological polar surface area (TPSA) is 75.7 Å². The largest absolute Gasteiger partial charge is 0.465 e. The predicted octanol–water partition coefficient (Wildman–Crippen LogP) is 6.20. The average molecular weight is 670 g/mol. The van der Waals surface area contributed by atoms with E-state index in [9.17, 15) is 84.6 Å². The normalized spacial score (nSPS) is 14.2. The van der Waals surface area contributed by atoms with Crippen molar-refractivity contribution in [2.75, 3.05) is 26.5 Å². The Hall–Kier alpha value is -3.01. The number of carbonyl (C=O) groups is 3. The Balaban J connectivity index is 3.72. The Morgan fingerprint density at radius 3 is 1.55 bits per heavy atom. The van der Waals surface area contributed by atoms with Crippen LogP contribution in [0, 0.1) is 6.92 Å². The van der Waals surface area contributed by atoms with Crippen molar-refractivity contribution in [3.63, 3.8) is 0 Å². The average Bonchev–Trinajstić information content (AvgIpc) is 3.17. The van der Waals surface area contributed by atoms with Gasteiger partial charge in [-0.05, 0) is 12.5 Å². The van der Waals surface area contributed by atoms with E-state index in [0.717, 1.165) is 25.9 Å². The van der Waals surface area contributed by atoms with Crippen molar-refractivity contribution in [3.05, 3.63) is 16.0 Å². The second-order valence-corrected chi connectivity index (χ2v) is 9.30. The third kappa shape index (κ3) is 5.09. The van der Waals surface area contributed by atoms with Crippen molar-refractivity contribution in [2.24, 2.45) is 0 Å². The zero-order valence-corrected chi connectivity index (χ0v) is 21.4. The van der Waals surface area contributed by atoms with Crippen LogP contribution in [0.15, 0.2) is 0 Å². The number of nitrogens with one attached hydrogen (secondary N) is 1. The molecule has 42 heavy (non-hydrogen) atoms. The van der Waals surface area contributed by atoms with Crippen LogP contribution >= 0.6 is 11.3 Å². The Labute approximate surface area is 226 Å². The molecule has 0 radical (unpaired) electrons. The van der Waals surface area contributed by atoms with E-state index in [2.05, 4.69) is 4.74 Å². The molecule has 1 rings (SSSR count). The first-order chi connectivity index (χ1) is 18.4. The second-order valence-electron chi connectivity index (χ2n) is 8.28. The van der Waals surface area contributed by atoms with E-state index in [1.807, 2.05) is 0 Å². The monoisotopic (exact) mass is 670 g/mol. The molecule has 0 unspecified atom stereocenters. The highest BCUT2D eigenvalue weighted by molar-refractivity contribution is 7.18. The Kier molecular flexibility index (Phi) is 9.63. The molecule has 0 bridgehead atoms. The molecule has 0 aliphatic heterocycles. The maximum absolute atomic E-state index is 14.3. The lowest BCUT2D eigenvalue weighted by Gasteiger charge is -2.42. The number of nitrogens with zero attached hydrogens (tertiary/aromatic N) is 1. The highest BCUT2D eigenvalue weighted by Gasteiger charge is 2.94. The summed E-state index contributed by atoms with van der Waals surface area (Å²) in [6.07, 6.45) is -5.99. The van der Waals surface area contributed by atoms with Gasteiger partial charge in [-0.3, -0.25) is 9.59 Å². The number of esters is 1. The molecule has 2 amide bonds. The molecule has 23 heteroatoms. The van der Waals surface area contributed by atoms with Gasteiger partial charge in [0, 0.05) is 14.1 Å². The lowest BCUT2D eigenvalue weighted by atomic mass is 9.89. The molecule has 1 N–H and O–H groups in total. The van der Waals surface area contributed by atoms with Gasteiger partial charge in [-0.2, -0.15) is 61.5 Å². The molecule has 1 heterocycles. The number of methoxy groups -OCH3 is 1. The third-order valence-corrected chi connectivity index (χ3v) is 6.51. The number of amides is 2. The molecule has 1 aromatic heterocycles. The quantitative estimate of drug-likeness (QED) is 0.225. The molecule has 0 spiro atoms. The van der Waals surface area contributed by atoms with Crippen LogP contribution in [0.2, 0.25) is 0 Å². The van der Waals surface area contributed by atoms with Gasteiger partial charge in [0.05, 0.1) is 17.6 Å². The molecular formula is C19H14F16N2O4S. The maximum atomic E-state index is 14.3. The smallest absolute Gasteiger partial charge is 0.393 e. The van der Waals surface area contributed by atoms with E-state index in [1.54, 1.807) is 0 Å². The van der Waals surface area contributed by atoms with Gasteiger partial charge >= 0.3 is 59.8 Å². The van der Waals surface area contributed by atoms with Crippen LogP contribution in [0.5, 0.6) is 0 Å². The van der Waals surface area contributed by atoms with Crippen LogP contribution in [0.1, 0.15) is 25.6 Å². The van der Waals surface area contributed by atoms with Crippen molar-refractivity contribution in [1.82, 2.24) is 4.90 Å². The minimum absolute atomic E-state index is 0.164. The number of alkyl halides is 16. The summed E-state index contributed by atoms with van der Waals surface area (Å²) in [5.74, 6) is -63.7. The van der Waals surface area contributed by atoms with Crippen molar-refractivity contribution in [1.29, 1.82) is 0 Å². The van der Waals surface area contributed by atoms with Crippen LogP contribution in [-0.2, 0) is 9.53 Å². The highest BCUT2D eigenvalue weighted by atomic mass is 32.1. The van der Waals surface area contributed by atoms with Crippen LogP contribution in [0.4, 0.5) is 75.2 Å². The molecule has 0 aliphatic carbocycles. The first kappa shape index (κ1) is 37.0. The number of carbonyl (C=O) groups excluding carboxylic acids is 3. The fourth-order valence-corrected chi connectivity index (χ4v) is 4.03. The fourth-order valence-electron chi connectivity index (χ4n) is 2.82. The van der Waals surface area contributed by atoms with E-state index in [4.69, 9.17) is 0 Å². The van der Waals surface area contributed by atoms with E-state index >= 15 is 0 Å². The summed E-state index contributed by atoms with van der Waals surface area (Å²) < 4.78 is 221. The molecule has 0 saturated carbocycles. The number of anilines is 1. The zero-order valence-electron chi connectivity index (χ0n) is 20.6. The van der Waals surface area contributed by atoms with Gasteiger partial charge in [0.2, 0.25) is 0 Å². The SMILES string of the molecule is COC(=O)c1c(NC(=O)C(F)(F)C(F)(F)C(F)(F)C(F)(F)C(F)(F)C(F)(F)C(F)(F)C(F)F)sc(C(=O)N(C)C)c1C. The lowest BCUT2D eigenvalue weighted by molar-refractivity contribution is -0.443. The molecule has 0 fully saturated rings. The Morgan fingerprint density at radius 1 is 0.762 bits per heavy atom. The molecule has 0 aliphatic rings. The second kappa shape index (κ2) is 10.9. The summed E-state index contributed by atoms with van der Waals surface area (Å²) in [6.45, 7) is 0.897. The van der Waals surface area contributed by atoms with Crippen LogP contribution < -0.4 is 5.32 Å². The summed E-state index contributed by atoms with van der Waals surface area (Å²) >= 11 is -0.164. The van der Waals surface area contributed by atoms with Gasteiger partial charge in [-0.15, -0.1) is 11.3 Å². The van der Waals surface area contributed by atoms with Crippen LogP contribution in [0.25, 0.3) is 0 Å². The van der Waals surface area contributed by atoms with Gasteiger partial charge in [0.15, 0.2) is 0 Å². The van der Waals surface area contributed by atoms with Gasteiger partial charge in [-0.25, -0.2) is 13.6 Å². The number of hydrogen-bond acceptors (Lipinski definition) is 5. The number of ether oxygens (including phenoxy) is 1. The third-order valence-electron chi connectivity index (χ3n) is 5.31. The number of hydrogen-bond donors (Lipinski definition) is 1. The van der Waals surface area contributed by atoms with Crippen molar-refractivity contribution < 1.29 is 89.4 Å². The number of halogens is 16. The zero-order chi connectivity index (χ0) is 33.8. The summed E-state index contributed by atoms with van der Waals surface area (Å²) in [7, 11) is 2.80. The Morgan fingerprint density at radius 2 is 1.17 bits per heavy atom. The summed E-state index contributed by atoms with van der Waals surface area (Å²) in [4.78, 5) is 36.3. The first-order valence-corrected chi connectivity index (χ1v) is 10.9. The van der Waals surface area contributed by atoms with Crippen molar-refractivity contribution >= 4 is 34.1 Å². The summed E-state index contributed by atoms with van der Waals surface area (Å²) in [5.41, 5.74) is -1.56. The Bertz CT molecular complexity index is 1230. The molecule has 0 atom stereocenters. The molecule has 6 nitrogen and oxygen atoms in total. The van der Waals surface area contributed by atoms with E-state index in [-0.39, 0.29) is 11.3 Å². The fraction of sp³-hybridized carbons (Fsp3) is 0.632. The lowest BCUT2D eigenvalue weighted by Crippen LogP contribution is -2.74. The standard InChI is InChI=1S/C19H14F16N2O4S/c1-5-6(10(39)41-4)8(42-7(5)9(38)37(2)3)36-12(40)14(24,25)16(28,29)18(32,33)19(34,35)17(30,31)15(26,27)13(22,23)11(20)21/h11H,1-4H3,(H,36,40). The minimum atomic E-state index is -8.68. The molecule has 0 saturated heterocycles. The minimum Gasteiger partial charge on any atom is -0.465 e. The van der Waals surface area contributed by atoms with Crippen molar-refractivity contribution in [2.45, 2.75) is 54.8 Å². The first-order valence-electron chi connectivity index (χ1n) is 10.1. The van der Waals surface area contributed by atoms with Crippen LogP contribution in [-0.4, -0.2) is 91.8 Å². The van der Waals surface area contributed by atoms with E-state index < -0.39 is 86.7 Å². The maximum Gasteiger partial charge on any atom is 0.393 e. The molecule has 0 aromatic carbocycles. The van der Waals surface area contributed by atoms with Gasteiger partial charge in [-0.1, -0.05) is 0 Å². The molecule has 1 aromatic rings. The van der Waals surface area contributed by atoms with E-state index in [1.165, 1.54) is 0 Å². The number of rotatable bonds is 11. The molecule has 242 valence electrons. The van der Waals surface area contributed by atoms with Crippen LogP contribution in [0.3, 0.4) is 0 Å². The van der Waals surface area contributed by atoms with Gasteiger partial charge in [0.25, 0.3) is 5.91 Å². The summed E-state index contributed by atoms with van der Waals surface area (Å²) in [5, 5.41) is -0.649. The highest BCUT2D eigenvalue weighted by Crippen LogP contribution is 2.62. The van der Waals surface area contributed by atoms with Gasteiger partial charge < -0.3 is 15.0 Å². The summed E-state index contributed by atoms with van der Waals surface area (Å²) in [6, 6.07) is 0. The predicted molar refractivity (Wildman–Crippen MR) is 108 cm³/mol. The van der Waals surface area contributed by atoms with E-state index in [0.29, 0.717) is 12.4 Å². The van der Waals surface area contributed by atoms with Crippen molar-refractivity contribution in [3.8, 4) is 0 Å². The van der Waals surface area contributed by atoms with Gasteiger partial charge in [0.1, 0.15) is 5.00 Å². The molecular weight excluding hydrogens is 656 g/mol. The number of thiophene rings is 1.